The van der Waals surface area contributed by atoms with Crippen LogP contribution in [-0.4, -0.2) is 55.5 Å². The molecule has 3 aromatic rings. The van der Waals surface area contributed by atoms with E-state index in [0.29, 0.717) is 37.7 Å². The number of aryl methyl sites for hydroxylation is 2. The molecule has 1 aromatic heterocycles. The van der Waals surface area contributed by atoms with Crippen LogP contribution >= 0.6 is 11.3 Å². The second kappa shape index (κ2) is 9.37. The number of thiazole rings is 1. The quantitative estimate of drug-likeness (QED) is 0.506. The molecule has 0 radical (unpaired) electrons. The van der Waals surface area contributed by atoms with Gasteiger partial charge in [-0.2, -0.15) is 4.31 Å². The Morgan fingerprint density at radius 3 is 2.65 bits per heavy atom. The maximum absolute atomic E-state index is 14.0. The lowest BCUT2D eigenvalue weighted by atomic mass is 10.2. The van der Waals surface area contributed by atoms with Crippen LogP contribution in [0, 0.1) is 13.8 Å². The predicted molar refractivity (Wildman–Crippen MR) is 134 cm³/mol. The van der Waals surface area contributed by atoms with E-state index in [1.54, 1.807) is 29.2 Å². The van der Waals surface area contributed by atoms with Crippen LogP contribution in [0.5, 0.6) is 0 Å². The van der Waals surface area contributed by atoms with Crippen molar-refractivity contribution in [3.63, 3.8) is 0 Å². The predicted octanol–water partition coefficient (Wildman–Crippen LogP) is 4.28. The average Bonchev–Trinajstić information content (AvgIpc) is 3.58. The summed E-state index contributed by atoms with van der Waals surface area (Å²) in [6.07, 6.45) is 2.91. The number of aromatic nitrogens is 1. The Hall–Kier alpha value is -2.33. The van der Waals surface area contributed by atoms with Crippen LogP contribution in [0.15, 0.2) is 47.4 Å². The van der Waals surface area contributed by atoms with Crippen molar-refractivity contribution in [2.75, 3.05) is 24.6 Å². The fourth-order valence-electron chi connectivity index (χ4n) is 4.74. The van der Waals surface area contributed by atoms with Crippen LogP contribution < -0.4 is 4.90 Å². The molecule has 0 unspecified atom stereocenters. The van der Waals surface area contributed by atoms with Gasteiger partial charge in [-0.15, -0.1) is 0 Å². The summed E-state index contributed by atoms with van der Waals surface area (Å²) in [6.45, 7) is 5.32. The molecule has 0 N–H and O–H groups in total. The number of rotatable bonds is 6. The topological polar surface area (TPSA) is 79.8 Å². The number of para-hydroxylation sites is 1. The summed E-state index contributed by atoms with van der Waals surface area (Å²) < 4.78 is 35.2. The summed E-state index contributed by atoms with van der Waals surface area (Å²) in [6, 6.07) is 12.0. The molecule has 2 saturated heterocycles. The fraction of sp³-hybridized carbons (Fsp3) is 0.440. The first-order valence-corrected chi connectivity index (χ1v) is 14.0. The number of benzene rings is 2. The van der Waals surface area contributed by atoms with E-state index in [1.807, 2.05) is 32.0 Å². The number of carbonyl (C=O) groups excluding carboxylic acids is 1. The lowest BCUT2D eigenvalue weighted by Gasteiger charge is -2.29. The highest BCUT2D eigenvalue weighted by atomic mass is 32.2. The third-order valence-corrected chi connectivity index (χ3v) is 9.60. The molecule has 2 aliphatic heterocycles. The highest BCUT2D eigenvalue weighted by Crippen LogP contribution is 2.34. The van der Waals surface area contributed by atoms with Gasteiger partial charge in [-0.1, -0.05) is 41.2 Å². The Labute approximate surface area is 204 Å². The normalized spacial score (nSPS) is 21.4. The van der Waals surface area contributed by atoms with E-state index >= 15 is 0 Å². The first-order chi connectivity index (χ1) is 16.3. The van der Waals surface area contributed by atoms with Gasteiger partial charge in [0.05, 0.1) is 27.8 Å². The largest absolute Gasteiger partial charge is 0.376 e. The highest BCUT2D eigenvalue weighted by molar-refractivity contribution is 7.89. The molecular formula is C25H29N3O4S2. The molecule has 34 heavy (non-hydrogen) atoms. The second-order valence-corrected chi connectivity index (χ2v) is 12.0. The summed E-state index contributed by atoms with van der Waals surface area (Å²) in [5, 5.41) is 0.601. The summed E-state index contributed by atoms with van der Waals surface area (Å²) in [5.41, 5.74) is 2.92. The van der Waals surface area contributed by atoms with Gasteiger partial charge in [-0.25, -0.2) is 13.4 Å². The van der Waals surface area contributed by atoms with Crippen LogP contribution in [-0.2, 0) is 19.6 Å². The third kappa shape index (κ3) is 4.37. The number of fused-ring (bicyclic) bond motifs is 1. The van der Waals surface area contributed by atoms with Crippen molar-refractivity contribution in [1.29, 1.82) is 0 Å². The second-order valence-electron chi connectivity index (χ2n) is 9.09. The van der Waals surface area contributed by atoms with Gasteiger partial charge in [0.1, 0.15) is 6.04 Å². The fourth-order valence-corrected chi connectivity index (χ4v) is 7.45. The van der Waals surface area contributed by atoms with E-state index in [2.05, 4.69) is 0 Å². The Morgan fingerprint density at radius 1 is 1.15 bits per heavy atom. The molecule has 2 aromatic carbocycles. The first kappa shape index (κ1) is 23.4. The van der Waals surface area contributed by atoms with Gasteiger partial charge in [0.25, 0.3) is 0 Å². The third-order valence-electron chi connectivity index (χ3n) is 6.63. The first-order valence-electron chi connectivity index (χ1n) is 11.7. The van der Waals surface area contributed by atoms with Crippen molar-refractivity contribution in [3.05, 3.63) is 53.6 Å². The summed E-state index contributed by atoms with van der Waals surface area (Å²) >= 11 is 1.47. The van der Waals surface area contributed by atoms with Crippen LogP contribution in [0.25, 0.3) is 10.2 Å². The molecule has 9 heteroatoms. The zero-order valence-corrected chi connectivity index (χ0v) is 21.1. The molecule has 1 amide bonds. The Morgan fingerprint density at radius 2 is 1.94 bits per heavy atom. The van der Waals surface area contributed by atoms with E-state index in [4.69, 9.17) is 9.72 Å². The van der Waals surface area contributed by atoms with Gasteiger partial charge >= 0.3 is 0 Å². The van der Waals surface area contributed by atoms with Crippen molar-refractivity contribution < 1.29 is 17.9 Å². The lowest BCUT2D eigenvalue weighted by molar-refractivity contribution is -0.122. The molecule has 7 nitrogen and oxygen atoms in total. The molecule has 2 aliphatic rings. The Kier molecular flexibility index (Phi) is 6.45. The minimum Gasteiger partial charge on any atom is -0.376 e. The number of nitrogens with zero attached hydrogens (tertiary/aromatic N) is 3. The molecule has 0 saturated carbocycles. The number of hydrogen-bond acceptors (Lipinski definition) is 6. The van der Waals surface area contributed by atoms with Gasteiger partial charge < -0.3 is 4.74 Å². The van der Waals surface area contributed by atoms with Crippen molar-refractivity contribution in [2.24, 2.45) is 0 Å². The van der Waals surface area contributed by atoms with Gasteiger partial charge in [0.2, 0.25) is 15.9 Å². The molecule has 3 heterocycles. The van der Waals surface area contributed by atoms with E-state index in [9.17, 15) is 13.2 Å². The van der Waals surface area contributed by atoms with E-state index in [-0.39, 0.29) is 16.9 Å². The van der Waals surface area contributed by atoms with Crippen LogP contribution in [0.4, 0.5) is 5.13 Å². The lowest BCUT2D eigenvalue weighted by Crippen LogP contribution is -2.49. The molecule has 0 bridgehead atoms. The van der Waals surface area contributed by atoms with Crippen molar-refractivity contribution >= 4 is 42.6 Å². The maximum atomic E-state index is 14.0. The van der Waals surface area contributed by atoms with E-state index in [1.165, 1.54) is 15.6 Å². The number of hydrogen-bond donors (Lipinski definition) is 0. The number of ether oxygens (including phenoxy) is 1. The van der Waals surface area contributed by atoms with Crippen LogP contribution in [0.1, 0.15) is 36.8 Å². The average molecular weight is 500 g/mol. The molecule has 180 valence electrons. The van der Waals surface area contributed by atoms with Gasteiger partial charge in [0, 0.05) is 13.2 Å². The SMILES string of the molecule is Cc1ccc(S(=O)(=O)N2CCC[C@H]2C(=O)N(C[C@H]2CCCO2)c2nc3c(C)cccc3s2)cc1. The van der Waals surface area contributed by atoms with E-state index < -0.39 is 16.1 Å². The molecule has 2 fully saturated rings. The molecule has 2 atom stereocenters. The number of amides is 1. The standard InChI is InChI=1S/C25H29N3O4S2/c1-17-10-12-20(13-11-17)34(30,31)28-14-4-8-21(28)24(29)27(16-19-7-5-15-32-19)25-26-23-18(2)6-3-9-22(23)33-25/h3,6,9-13,19,21H,4-5,7-8,14-16H2,1-2H3/t19-,21+/m1/s1. The molecule has 5 rings (SSSR count). The van der Waals surface area contributed by atoms with Crippen LogP contribution in [0.2, 0.25) is 0 Å². The minimum atomic E-state index is -3.79. The summed E-state index contributed by atoms with van der Waals surface area (Å²) in [4.78, 5) is 20.7. The van der Waals surface area contributed by atoms with Gasteiger partial charge in [-0.3, -0.25) is 9.69 Å². The smallest absolute Gasteiger partial charge is 0.247 e. The Balaban J connectivity index is 1.49. The summed E-state index contributed by atoms with van der Waals surface area (Å²) in [7, 11) is -3.79. The molecule has 0 aliphatic carbocycles. The monoisotopic (exact) mass is 499 g/mol. The number of carbonyl (C=O) groups is 1. The number of anilines is 1. The zero-order valence-electron chi connectivity index (χ0n) is 19.4. The highest BCUT2D eigenvalue weighted by Gasteiger charge is 2.42. The van der Waals surface area contributed by atoms with Crippen molar-refractivity contribution in [3.8, 4) is 0 Å². The maximum Gasteiger partial charge on any atom is 0.247 e. The Bertz CT molecular complexity index is 1300. The summed E-state index contributed by atoms with van der Waals surface area (Å²) in [5.74, 6) is -0.222. The number of sulfonamides is 1. The molecular weight excluding hydrogens is 470 g/mol. The van der Waals surface area contributed by atoms with Gasteiger partial charge in [0.15, 0.2) is 5.13 Å². The van der Waals surface area contributed by atoms with Crippen molar-refractivity contribution in [1.82, 2.24) is 9.29 Å². The van der Waals surface area contributed by atoms with E-state index in [0.717, 1.165) is 34.2 Å². The van der Waals surface area contributed by atoms with Crippen LogP contribution in [0.3, 0.4) is 0 Å². The van der Waals surface area contributed by atoms with Gasteiger partial charge in [-0.05, 0) is 63.3 Å². The zero-order chi connectivity index (χ0) is 23.9. The van der Waals surface area contributed by atoms with Crippen molar-refractivity contribution in [2.45, 2.75) is 56.6 Å². The molecule has 0 spiro atoms. The minimum absolute atomic E-state index is 0.0689.